The molecule has 0 heterocycles. The van der Waals surface area contributed by atoms with Crippen molar-refractivity contribution in [2.45, 2.75) is 38.5 Å². The molecule has 3 amide bonds. The van der Waals surface area contributed by atoms with Gasteiger partial charge < -0.3 is 30.2 Å². The molecular formula is C22H29N3O9S. The summed E-state index contributed by atoms with van der Waals surface area (Å²) in [6, 6.07) is 6.74. The second-order valence-electron chi connectivity index (χ2n) is 7.06. The first-order chi connectivity index (χ1) is 16.7. The zero-order chi connectivity index (χ0) is 26.2. The van der Waals surface area contributed by atoms with Crippen molar-refractivity contribution in [3.8, 4) is 0 Å². The second kappa shape index (κ2) is 16.1. The summed E-state index contributed by atoms with van der Waals surface area (Å²) in [5.74, 6) is -3.43. The molecule has 0 spiro atoms. The van der Waals surface area contributed by atoms with Gasteiger partial charge in [-0.05, 0) is 23.7 Å². The number of thioether (sulfide) groups is 1. The molecule has 0 saturated carbocycles. The minimum absolute atomic E-state index is 0.0380. The number of methoxy groups -OCH3 is 2. The number of benzene rings is 1. The van der Waals surface area contributed by atoms with E-state index >= 15 is 0 Å². The van der Waals surface area contributed by atoms with E-state index in [1.807, 2.05) is 6.07 Å². The maximum Gasteiger partial charge on any atom is 0.367 e. The molecule has 0 bridgehead atoms. The fourth-order valence-corrected chi connectivity index (χ4v) is 3.31. The first-order valence-corrected chi connectivity index (χ1v) is 11.5. The van der Waals surface area contributed by atoms with Crippen molar-refractivity contribution in [1.29, 1.82) is 0 Å². The first-order valence-electron chi connectivity index (χ1n) is 10.5. The van der Waals surface area contributed by atoms with E-state index in [9.17, 15) is 28.8 Å². The molecule has 1 rings (SSSR count). The molecule has 0 aliphatic rings. The molecule has 1 aromatic carbocycles. The Bertz CT molecular complexity index is 895. The van der Waals surface area contributed by atoms with Gasteiger partial charge in [0, 0.05) is 19.1 Å². The SMILES string of the molecule is COC(=O)CNC(=O)C(CSC(=O)OCc1ccccc1)NC(=O)CCC(NC(C)=O)C(=O)OC. The Morgan fingerprint density at radius 2 is 1.63 bits per heavy atom. The minimum atomic E-state index is -1.20. The van der Waals surface area contributed by atoms with Gasteiger partial charge in [0.05, 0.1) is 14.2 Å². The van der Waals surface area contributed by atoms with Gasteiger partial charge in [-0.2, -0.15) is 0 Å². The van der Waals surface area contributed by atoms with Gasteiger partial charge in [-0.25, -0.2) is 9.59 Å². The van der Waals surface area contributed by atoms with Crippen molar-refractivity contribution in [2.75, 3.05) is 26.5 Å². The molecule has 35 heavy (non-hydrogen) atoms. The maximum atomic E-state index is 12.5. The molecule has 3 N–H and O–H groups in total. The first kappa shape index (κ1) is 29.4. The molecule has 13 heteroatoms. The Morgan fingerprint density at radius 3 is 2.23 bits per heavy atom. The van der Waals surface area contributed by atoms with Crippen LogP contribution in [0.25, 0.3) is 0 Å². The number of carbonyl (C=O) groups excluding carboxylic acids is 6. The summed E-state index contributed by atoms with van der Waals surface area (Å²) in [5, 5.41) is 6.49. The average molecular weight is 512 g/mol. The van der Waals surface area contributed by atoms with Gasteiger partial charge in [0.15, 0.2) is 0 Å². The largest absolute Gasteiger partial charge is 0.468 e. The number of hydrogen-bond acceptors (Lipinski definition) is 10. The number of nitrogens with one attached hydrogen (secondary N) is 3. The zero-order valence-corrected chi connectivity index (χ0v) is 20.5. The number of carbonyl (C=O) groups is 6. The molecular weight excluding hydrogens is 482 g/mol. The van der Waals surface area contributed by atoms with Gasteiger partial charge in [-0.3, -0.25) is 19.2 Å². The lowest BCUT2D eigenvalue weighted by molar-refractivity contribution is -0.145. The highest BCUT2D eigenvalue weighted by Gasteiger charge is 2.25. The zero-order valence-electron chi connectivity index (χ0n) is 19.7. The quantitative estimate of drug-likeness (QED) is 0.247. The van der Waals surface area contributed by atoms with Crippen LogP contribution in [0.1, 0.15) is 25.3 Å². The van der Waals surface area contributed by atoms with E-state index in [1.54, 1.807) is 24.3 Å². The number of ether oxygens (including phenoxy) is 3. The van der Waals surface area contributed by atoms with Crippen LogP contribution in [0.5, 0.6) is 0 Å². The van der Waals surface area contributed by atoms with Crippen molar-refractivity contribution in [1.82, 2.24) is 16.0 Å². The fraction of sp³-hybridized carbons (Fsp3) is 0.455. The Hall–Kier alpha value is -3.61. The summed E-state index contributed by atoms with van der Waals surface area (Å²) < 4.78 is 14.2. The summed E-state index contributed by atoms with van der Waals surface area (Å²) in [6.07, 6.45) is -0.315. The maximum absolute atomic E-state index is 12.5. The molecule has 2 unspecified atom stereocenters. The van der Waals surface area contributed by atoms with Gasteiger partial charge in [-0.1, -0.05) is 30.3 Å². The Balaban J connectivity index is 2.70. The van der Waals surface area contributed by atoms with Crippen molar-refractivity contribution in [3.05, 3.63) is 35.9 Å². The average Bonchev–Trinajstić information content (AvgIpc) is 2.85. The van der Waals surface area contributed by atoms with Crippen LogP contribution >= 0.6 is 11.8 Å². The monoisotopic (exact) mass is 511 g/mol. The number of esters is 2. The molecule has 0 aliphatic heterocycles. The van der Waals surface area contributed by atoms with Crippen LogP contribution in [0.2, 0.25) is 0 Å². The number of hydrogen-bond donors (Lipinski definition) is 3. The predicted octanol–water partition coefficient (Wildman–Crippen LogP) is 0.288. The van der Waals surface area contributed by atoms with Crippen LogP contribution in [0.15, 0.2) is 30.3 Å². The van der Waals surface area contributed by atoms with Gasteiger partial charge in [0.25, 0.3) is 0 Å². The van der Waals surface area contributed by atoms with E-state index < -0.39 is 53.6 Å². The predicted molar refractivity (Wildman–Crippen MR) is 125 cm³/mol. The normalized spacial score (nSPS) is 11.9. The molecule has 192 valence electrons. The van der Waals surface area contributed by atoms with E-state index in [2.05, 4.69) is 25.4 Å². The minimum Gasteiger partial charge on any atom is -0.468 e. The van der Waals surface area contributed by atoms with Gasteiger partial charge in [-0.15, -0.1) is 0 Å². The molecule has 2 atom stereocenters. The van der Waals surface area contributed by atoms with Crippen LogP contribution in [-0.2, 0) is 44.8 Å². The highest BCUT2D eigenvalue weighted by molar-refractivity contribution is 8.13. The summed E-state index contributed by atoms with van der Waals surface area (Å²) in [7, 11) is 2.30. The molecule has 0 fully saturated rings. The Labute approximate surface area is 206 Å². The number of rotatable bonds is 13. The van der Waals surface area contributed by atoms with Crippen molar-refractivity contribution >= 4 is 46.7 Å². The molecule has 1 aromatic rings. The third-order valence-corrected chi connectivity index (χ3v) is 5.23. The van der Waals surface area contributed by atoms with Crippen LogP contribution in [-0.4, -0.2) is 73.6 Å². The molecule has 0 radical (unpaired) electrons. The van der Waals surface area contributed by atoms with Gasteiger partial charge >= 0.3 is 17.2 Å². The van der Waals surface area contributed by atoms with Crippen molar-refractivity contribution in [3.63, 3.8) is 0 Å². The Morgan fingerprint density at radius 1 is 0.943 bits per heavy atom. The van der Waals surface area contributed by atoms with E-state index in [0.29, 0.717) is 11.8 Å². The van der Waals surface area contributed by atoms with Crippen LogP contribution in [0.3, 0.4) is 0 Å². The fourth-order valence-electron chi connectivity index (χ4n) is 2.63. The van der Waals surface area contributed by atoms with Gasteiger partial charge in [0.2, 0.25) is 17.7 Å². The third-order valence-electron chi connectivity index (χ3n) is 4.38. The smallest absolute Gasteiger partial charge is 0.367 e. The highest BCUT2D eigenvalue weighted by atomic mass is 32.2. The molecule has 0 aromatic heterocycles. The summed E-state index contributed by atoms with van der Waals surface area (Å²) >= 11 is 0.671. The lowest BCUT2D eigenvalue weighted by Crippen LogP contribution is -2.50. The van der Waals surface area contributed by atoms with E-state index in [1.165, 1.54) is 6.92 Å². The second-order valence-corrected chi connectivity index (χ2v) is 8.02. The lowest BCUT2D eigenvalue weighted by atomic mass is 10.1. The van der Waals surface area contributed by atoms with E-state index in [-0.39, 0.29) is 25.2 Å². The number of amides is 3. The van der Waals surface area contributed by atoms with Crippen LogP contribution < -0.4 is 16.0 Å². The topological polar surface area (TPSA) is 166 Å². The summed E-state index contributed by atoms with van der Waals surface area (Å²) in [5.41, 5.74) is 0.779. The summed E-state index contributed by atoms with van der Waals surface area (Å²) in [6.45, 7) is 0.819. The highest BCUT2D eigenvalue weighted by Crippen LogP contribution is 2.11. The molecule has 12 nitrogen and oxygen atoms in total. The molecule has 0 saturated heterocycles. The van der Waals surface area contributed by atoms with Crippen molar-refractivity contribution < 1.29 is 43.0 Å². The van der Waals surface area contributed by atoms with E-state index in [0.717, 1.165) is 19.8 Å². The van der Waals surface area contributed by atoms with Crippen LogP contribution in [0.4, 0.5) is 4.79 Å². The van der Waals surface area contributed by atoms with Crippen molar-refractivity contribution in [2.24, 2.45) is 0 Å². The lowest BCUT2D eigenvalue weighted by Gasteiger charge is -2.19. The summed E-state index contributed by atoms with van der Waals surface area (Å²) in [4.78, 5) is 71.4. The van der Waals surface area contributed by atoms with Gasteiger partial charge in [0.1, 0.15) is 25.2 Å². The molecule has 0 aliphatic carbocycles. The van der Waals surface area contributed by atoms with Crippen LogP contribution in [0, 0.1) is 0 Å². The van der Waals surface area contributed by atoms with E-state index in [4.69, 9.17) is 4.74 Å². The Kier molecular flexibility index (Phi) is 13.5. The standard InChI is InChI=1S/C22H29N3O9S/c1-14(26)24-16(21(30)33-3)9-10-18(27)25-17(20(29)23-11-19(28)32-2)13-35-22(31)34-12-15-7-5-4-6-8-15/h4-8,16-17H,9-13H2,1-3H3,(H,23,29)(H,24,26)(H,25,27). The third kappa shape index (κ3) is 12.4.